The minimum absolute atomic E-state index is 0.223. The van der Waals surface area contributed by atoms with Crippen molar-refractivity contribution in [2.24, 2.45) is 0 Å². The molecular weight excluding hydrogens is 400 g/mol. The van der Waals surface area contributed by atoms with E-state index in [2.05, 4.69) is 10.3 Å². The summed E-state index contributed by atoms with van der Waals surface area (Å²) in [7, 11) is 0. The molecule has 9 nitrogen and oxygen atoms in total. The van der Waals surface area contributed by atoms with Gasteiger partial charge in [0, 0.05) is 32.3 Å². The summed E-state index contributed by atoms with van der Waals surface area (Å²) in [6, 6.07) is 1.24. The molecule has 0 aromatic carbocycles. The van der Waals surface area contributed by atoms with Crippen LogP contribution in [0.1, 0.15) is 61.6 Å². The van der Waals surface area contributed by atoms with E-state index in [4.69, 9.17) is 4.74 Å². The molecule has 0 radical (unpaired) electrons. The Morgan fingerprint density at radius 3 is 2.65 bits per heavy atom. The van der Waals surface area contributed by atoms with Gasteiger partial charge in [0.25, 0.3) is 5.91 Å². The number of nitrogens with zero attached hydrogens (tertiary/aromatic N) is 3. The second-order valence-corrected chi connectivity index (χ2v) is 9.03. The summed E-state index contributed by atoms with van der Waals surface area (Å²) < 4.78 is 5.42. The molecule has 4 amide bonds. The van der Waals surface area contributed by atoms with Gasteiger partial charge in [-0.15, -0.1) is 0 Å². The maximum absolute atomic E-state index is 12.8. The number of aromatic nitrogens is 1. The third kappa shape index (κ3) is 4.30. The molecule has 3 aliphatic heterocycles. The highest BCUT2D eigenvalue weighted by molar-refractivity contribution is 6.05. The van der Waals surface area contributed by atoms with Gasteiger partial charge in [0.15, 0.2) is 0 Å². The van der Waals surface area contributed by atoms with Crippen molar-refractivity contribution >= 4 is 29.4 Å². The molecule has 1 unspecified atom stereocenters. The van der Waals surface area contributed by atoms with Crippen molar-refractivity contribution in [2.45, 2.75) is 58.2 Å². The van der Waals surface area contributed by atoms with Crippen LogP contribution in [0.5, 0.6) is 0 Å². The van der Waals surface area contributed by atoms with Crippen molar-refractivity contribution < 1.29 is 23.9 Å². The lowest BCUT2D eigenvalue weighted by Gasteiger charge is -2.29. The van der Waals surface area contributed by atoms with Gasteiger partial charge in [0.05, 0.1) is 11.3 Å². The molecule has 0 bridgehead atoms. The van der Waals surface area contributed by atoms with Gasteiger partial charge in [-0.3, -0.25) is 24.7 Å². The van der Waals surface area contributed by atoms with Crippen LogP contribution in [0.3, 0.4) is 0 Å². The second-order valence-electron chi connectivity index (χ2n) is 9.03. The topological polar surface area (TPSA) is 109 Å². The van der Waals surface area contributed by atoms with Crippen LogP contribution in [0, 0.1) is 0 Å². The average molecular weight is 426 g/mol. The zero-order chi connectivity index (χ0) is 22.3. The van der Waals surface area contributed by atoms with E-state index in [0.29, 0.717) is 38.0 Å². The summed E-state index contributed by atoms with van der Waals surface area (Å²) in [5, 5.41) is 2.30. The van der Waals surface area contributed by atoms with E-state index in [1.807, 2.05) is 32.9 Å². The SMILES string of the molecule is CC(C)(C)OC(=O)N1CC=C(c2cc3c(cn2)C(=O)N(C2CCC(=O)NC2=O)C3)CC1. The molecule has 1 N–H and O–H groups in total. The first-order chi connectivity index (χ1) is 14.6. The molecule has 1 saturated heterocycles. The molecule has 4 rings (SSSR count). The Morgan fingerprint density at radius 1 is 1.23 bits per heavy atom. The molecule has 4 heterocycles. The highest BCUT2D eigenvalue weighted by Crippen LogP contribution is 2.30. The number of amides is 4. The molecule has 3 aliphatic rings. The Hall–Kier alpha value is -3.23. The zero-order valence-corrected chi connectivity index (χ0v) is 17.9. The van der Waals surface area contributed by atoms with E-state index in [1.165, 1.54) is 4.90 Å². The lowest BCUT2D eigenvalue weighted by molar-refractivity contribution is -0.136. The first-order valence-corrected chi connectivity index (χ1v) is 10.4. The van der Waals surface area contributed by atoms with Gasteiger partial charge < -0.3 is 14.5 Å². The largest absolute Gasteiger partial charge is 0.444 e. The van der Waals surface area contributed by atoms with Crippen LogP contribution in [0.4, 0.5) is 4.79 Å². The van der Waals surface area contributed by atoms with Crippen LogP contribution in [0.15, 0.2) is 18.3 Å². The van der Waals surface area contributed by atoms with Crippen molar-refractivity contribution in [1.82, 2.24) is 20.1 Å². The fraction of sp³-hybridized carbons (Fsp3) is 0.500. The molecule has 0 saturated carbocycles. The van der Waals surface area contributed by atoms with Gasteiger partial charge in [-0.25, -0.2) is 4.79 Å². The second kappa shape index (κ2) is 7.79. The number of imide groups is 1. The number of rotatable bonds is 2. The standard InChI is InChI=1S/C22H26N4O5/c1-22(2,3)31-21(30)25-8-6-13(7-9-25)16-10-14-12-26(20(29)15(14)11-23-16)17-4-5-18(27)24-19(17)28/h6,10-11,17H,4-5,7-9,12H2,1-3H3,(H,24,27,28). The van der Waals surface area contributed by atoms with E-state index < -0.39 is 17.6 Å². The predicted molar refractivity (Wildman–Crippen MR) is 111 cm³/mol. The van der Waals surface area contributed by atoms with Gasteiger partial charge in [-0.05, 0) is 50.8 Å². The maximum Gasteiger partial charge on any atom is 0.410 e. The van der Waals surface area contributed by atoms with Crippen LogP contribution in [-0.2, 0) is 20.9 Å². The van der Waals surface area contributed by atoms with Crippen LogP contribution < -0.4 is 5.32 Å². The van der Waals surface area contributed by atoms with Crippen LogP contribution >= 0.6 is 0 Å². The monoisotopic (exact) mass is 426 g/mol. The number of piperidine rings is 1. The highest BCUT2D eigenvalue weighted by atomic mass is 16.6. The van der Waals surface area contributed by atoms with Crippen molar-refractivity contribution in [3.63, 3.8) is 0 Å². The molecule has 1 atom stereocenters. The smallest absolute Gasteiger partial charge is 0.410 e. The highest BCUT2D eigenvalue weighted by Gasteiger charge is 2.39. The quantitative estimate of drug-likeness (QED) is 0.723. The molecule has 9 heteroatoms. The fourth-order valence-corrected chi connectivity index (χ4v) is 4.03. The normalized spacial score (nSPS) is 21.6. The summed E-state index contributed by atoms with van der Waals surface area (Å²) in [4.78, 5) is 56.2. The fourth-order valence-electron chi connectivity index (χ4n) is 4.03. The lowest BCUT2D eigenvalue weighted by atomic mass is 10.0. The summed E-state index contributed by atoms with van der Waals surface area (Å²) in [6.45, 7) is 6.79. The number of carbonyl (C=O) groups excluding carboxylic acids is 4. The zero-order valence-electron chi connectivity index (χ0n) is 17.9. The molecule has 164 valence electrons. The number of ether oxygens (including phenoxy) is 1. The van der Waals surface area contributed by atoms with Crippen LogP contribution in [-0.4, -0.2) is 63.3 Å². The molecule has 1 aromatic heterocycles. The van der Waals surface area contributed by atoms with E-state index in [1.54, 1.807) is 11.1 Å². The molecule has 1 fully saturated rings. The third-order valence-corrected chi connectivity index (χ3v) is 5.60. The minimum Gasteiger partial charge on any atom is -0.444 e. The van der Waals surface area contributed by atoms with Crippen molar-refractivity contribution in [3.05, 3.63) is 35.2 Å². The molecular formula is C22H26N4O5. The number of hydrogen-bond donors (Lipinski definition) is 1. The van der Waals surface area contributed by atoms with Crippen LogP contribution in [0.25, 0.3) is 5.57 Å². The molecule has 1 aromatic rings. The van der Waals surface area contributed by atoms with Gasteiger partial charge >= 0.3 is 6.09 Å². The first kappa shape index (κ1) is 21.0. The number of fused-ring (bicyclic) bond motifs is 1. The third-order valence-electron chi connectivity index (χ3n) is 5.60. The van der Waals surface area contributed by atoms with Gasteiger partial charge in [-0.2, -0.15) is 0 Å². The van der Waals surface area contributed by atoms with Crippen molar-refractivity contribution in [2.75, 3.05) is 13.1 Å². The Labute approximate surface area is 180 Å². The minimum atomic E-state index is -0.641. The van der Waals surface area contributed by atoms with Crippen LogP contribution in [0.2, 0.25) is 0 Å². The van der Waals surface area contributed by atoms with Crippen molar-refractivity contribution in [3.8, 4) is 0 Å². The lowest BCUT2D eigenvalue weighted by Crippen LogP contribution is -2.52. The molecule has 31 heavy (non-hydrogen) atoms. The molecule has 0 aliphatic carbocycles. The maximum atomic E-state index is 12.8. The number of carbonyl (C=O) groups is 4. The van der Waals surface area contributed by atoms with E-state index in [9.17, 15) is 19.2 Å². The van der Waals surface area contributed by atoms with Gasteiger partial charge in [0.2, 0.25) is 11.8 Å². The Balaban J connectivity index is 1.46. The van der Waals surface area contributed by atoms with E-state index in [0.717, 1.165) is 16.8 Å². The summed E-state index contributed by atoms with van der Waals surface area (Å²) >= 11 is 0. The van der Waals surface area contributed by atoms with E-state index >= 15 is 0 Å². The summed E-state index contributed by atoms with van der Waals surface area (Å²) in [5.74, 6) is -0.973. The predicted octanol–water partition coefficient (Wildman–Crippen LogP) is 1.87. The number of hydrogen-bond acceptors (Lipinski definition) is 6. The average Bonchev–Trinajstić information content (AvgIpc) is 3.02. The number of nitrogens with one attached hydrogen (secondary N) is 1. The van der Waals surface area contributed by atoms with Gasteiger partial charge in [-0.1, -0.05) is 6.08 Å². The summed E-state index contributed by atoms with van der Waals surface area (Å²) in [6.07, 6.45) is 4.36. The molecule has 0 spiro atoms. The Bertz CT molecular complexity index is 994. The first-order valence-electron chi connectivity index (χ1n) is 10.4. The van der Waals surface area contributed by atoms with E-state index in [-0.39, 0.29) is 24.3 Å². The summed E-state index contributed by atoms with van der Waals surface area (Å²) in [5.41, 5.74) is 2.54. The van der Waals surface area contributed by atoms with Crippen molar-refractivity contribution in [1.29, 1.82) is 0 Å². The number of pyridine rings is 1. The van der Waals surface area contributed by atoms with Gasteiger partial charge in [0.1, 0.15) is 11.6 Å². The Morgan fingerprint density at radius 2 is 2.00 bits per heavy atom. The Kier molecular flexibility index (Phi) is 5.28.